The fraction of sp³-hybridized carbons (Fsp3) is 0.364. The number of aryl methyl sites for hydroxylation is 1. The van der Waals surface area contributed by atoms with Gasteiger partial charge in [0.1, 0.15) is 0 Å². The molecule has 6 heteroatoms. The molecule has 1 amide bonds. The molecule has 2 rings (SSSR count). The number of nitrogens with two attached hydrogens (primary N) is 1. The average Bonchev–Trinajstić information content (AvgIpc) is 2.86. The summed E-state index contributed by atoms with van der Waals surface area (Å²) in [4.78, 5) is 18.4. The molecule has 0 aliphatic rings. The predicted octanol–water partition coefficient (Wildman–Crippen LogP) is 0.955. The molecular formula is C11H15N5O. The Morgan fingerprint density at radius 2 is 2.35 bits per heavy atom. The van der Waals surface area contributed by atoms with E-state index in [2.05, 4.69) is 15.1 Å². The molecule has 2 heterocycles. The first kappa shape index (κ1) is 11.4. The van der Waals surface area contributed by atoms with Crippen molar-refractivity contribution in [3.05, 3.63) is 29.5 Å². The fourth-order valence-electron chi connectivity index (χ4n) is 1.93. The molecule has 0 saturated heterocycles. The van der Waals surface area contributed by atoms with E-state index in [0.29, 0.717) is 11.3 Å². The summed E-state index contributed by atoms with van der Waals surface area (Å²) in [5.74, 6) is 0.306. The number of carbonyl (C=O) groups is 1. The van der Waals surface area contributed by atoms with Crippen LogP contribution in [0.3, 0.4) is 0 Å². The highest BCUT2D eigenvalue weighted by Gasteiger charge is 2.19. The molecule has 0 aliphatic heterocycles. The molecule has 0 aromatic carbocycles. The second kappa shape index (κ2) is 4.40. The van der Waals surface area contributed by atoms with Gasteiger partial charge in [-0.15, -0.1) is 0 Å². The smallest absolute Gasteiger partial charge is 0.252 e. The van der Waals surface area contributed by atoms with Crippen LogP contribution in [0.15, 0.2) is 12.5 Å². The van der Waals surface area contributed by atoms with Crippen LogP contribution in [0.5, 0.6) is 0 Å². The lowest BCUT2D eigenvalue weighted by Gasteiger charge is -2.04. The topological polar surface area (TPSA) is 89.6 Å². The molecule has 0 aliphatic carbocycles. The molecule has 17 heavy (non-hydrogen) atoms. The van der Waals surface area contributed by atoms with Gasteiger partial charge in [-0.1, -0.05) is 13.3 Å². The minimum absolute atomic E-state index is 0.434. The minimum atomic E-state index is -0.434. The number of H-pyrrole nitrogens is 1. The maximum atomic E-state index is 11.4. The van der Waals surface area contributed by atoms with Crippen LogP contribution >= 0.6 is 0 Å². The number of primary amides is 1. The molecule has 2 aromatic heterocycles. The highest BCUT2D eigenvalue weighted by molar-refractivity contribution is 5.95. The number of aromatic amines is 1. The van der Waals surface area contributed by atoms with Crippen LogP contribution < -0.4 is 5.73 Å². The van der Waals surface area contributed by atoms with Gasteiger partial charge in [0.05, 0.1) is 29.5 Å². The monoisotopic (exact) mass is 233 g/mol. The van der Waals surface area contributed by atoms with Gasteiger partial charge in [0.15, 0.2) is 5.82 Å². The number of imidazole rings is 1. The van der Waals surface area contributed by atoms with Crippen molar-refractivity contribution in [2.75, 3.05) is 0 Å². The van der Waals surface area contributed by atoms with Gasteiger partial charge in [0.2, 0.25) is 0 Å². The number of nitrogens with zero attached hydrogens (tertiary/aromatic N) is 3. The third-order valence-corrected chi connectivity index (χ3v) is 2.60. The third-order valence-electron chi connectivity index (χ3n) is 2.60. The summed E-state index contributed by atoms with van der Waals surface area (Å²) in [7, 11) is 0. The first-order chi connectivity index (χ1) is 8.15. The quantitative estimate of drug-likeness (QED) is 0.824. The minimum Gasteiger partial charge on any atom is -0.365 e. The molecule has 0 saturated carbocycles. The van der Waals surface area contributed by atoms with Crippen LogP contribution in [0.25, 0.3) is 5.82 Å². The van der Waals surface area contributed by atoms with Crippen LogP contribution in [0, 0.1) is 6.92 Å². The second-order valence-corrected chi connectivity index (χ2v) is 3.87. The molecule has 0 fully saturated rings. The first-order valence-corrected chi connectivity index (χ1v) is 5.52. The second-order valence-electron chi connectivity index (χ2n) is 3.87. The molecule has 0 atom stereocenters. The number of hydrogen-bond acceptors (Lipinski definition) is 3. The van der Waals surface area contributed by atoms with Crippen molar-refractivity contribution in [2.45, 2.75) is 26.7 Å². The van der Waals surface area contributed by atoms with E-state index in [9.17, 15) is 4.79 Å². The standard InChI is InChI=1S/C11H15N5O/c1-3-4-8-10(11(12)17)7(2)15-16(8)9-5-13-6-14-9/h5-6H,3-4H2,1-2H3,(H2,12,17)(H,13,14). The van der Waals surface area contributed by atoms with E-state index in [4.69, 9.17) is 5.73 Å². The van der Waals surface area contributed by atoms with Gasteiger partial charge in [-0.3, -0.25) is 4.79 Å². The first-order valence-electron chi connectivity index (χ1n) is 5.52. The molecular weight excluding hydrogens is 218 g/mol. The summed E-state index contributed by atoms with van der Waals surface area (Å²) in [6.07, 6.45) is 4.90. The molecule has 0 radical (unpaired) electrons. The van der Waals surface area contributed by atoms with E-state index in [1.54, 1.807) is 24.1 Å². The summed E-state index contributed by atoms with van der Waals surface area (Å²) < 4.78 is 1.70. The Morgan fingerprint density at radius 1 is 1.59 bits per heavy atom. The molecule has 6 nitrogen and oxygen atoms in total. The Kier molecular flexibility index (Phi) is 2.95. The van der Waals surface area contributed by atoms with Crippen molar-refractivity contribution >= 4 is 5.91 Å². The molecule has 0 bridgehead atoms. The maximum absolute atomic E-state index is 11.4. The van der Waals surface area contributed by atoms with E-state index < -0.39 is 5.91 Å². The van der Waals surface area contributed by atoms with Gasteiger partial charge in [0, 0.05) is 0 Å². The molecule has 3 N–H and O–H groups in total. The average molecular weight is 233 g/mol. The number of hydrogen-bond donors (Lipinski definition) is 2. The van der Waals surface area contributed by atoms with Crippen molar-refractivity contribution in [3.8, 4) is 5.82 Å². The molecule has 90 valence electrons. The van der Waals surface area contributed by atoms with Gasteiger partial charge in [0.25, 0.3) is 5.91 Å². The van der Waals surface area contributed by atoms with Crippen LogP contribution in [-0.4, -0.2) is 25.7 Å². The largest absolute Gasteiger partial charge is 0.365 e. The Balaban J connectivity index is 2.60. The van der Waals surface area contributed by atoms with Crippen molar-refractivity contribution < 1.29 is 4.79 Å². The normalized spacial score (nSPS) is 10.7. The predicted molar refractivity (Wildman–Crippen MR) is 63.0 cm³/mol. The van der Waals surface area contributed by atoms with Crippen molar-refractivity contribution in [1.29, 1.82) is 0 Å². The lowest BCUT2D eigenvalue weighted by Crippen LogP contribution is -2.15. The van der Waals surface area contributed by atoms with E-state index in [1.807, 2.05) is 6.92 Å². The lowest BCUT2D eigenvalue weighted by molar-refractivity contribution is 0.0999. The Bertz CT molecular complexity index is 526. The third kappa shape index (κ3) is 1.93. The number of nitrogens with one attached hydrogen (secondary N) is 1. The van der Waals surface area contributed by atoms with E-state index in [1.165, 1.54) is 0 Å². The zero-order valence-electron chi connectivity index (χ0n) is 9.90. The highest BCUT2D eigenvalue weighted by Crippen LogP contribution is 2.18. The fourth-order valence-corrected chi connectivity index (χ4v) is 1.93. The zero-order chi connectivity index (χ0) is 12.4. The zero-order valence-corrected chi connectivity index (χ0v) is 9.90. The summed E-state index contributed by atoms with van der Waals surface area (Å²) in [6.45, 7) is 3.83. The Labute approximate surface area is 98.9 Å². The number of amides is 1. The van der Waals surface area contributed by atoms with Gasteiger partial charge >= 0.3 is 0 Å². The molecule has 0 spiro atoms. The van der Waals surface area contributed by atoms with Crippen molar-refractivity contribution in [3.63, 3.8) is 0 Å². The Hall–Kier alpha value is -2.11. The van der Waals surface area contributed by atoms with Crippen LogP contribution in [0.4, 0.5) is 0 Å². The number of rotatable bonds is 4. The summed E-state index contributed by atoms with van der Waals surface area (Å²) in [6, 6.07) is 0. The number of carbonyl (C=O) groups excluding carboxylic acids is 1. The summed E-state index contributed by atoms with van der Waals surface area (Å²) in [5, 5.41) is 4.34. The molecule has 0 unspecified atom stereocenters. The summed E-state index contributed by atoms with van der Waals surface area (Å²) in [5.41, 5.74) is 7.39. The van der Waals surface area contributed by atoms with E-state index in [-0.39, 0.29) is 0 Å². The van der Waals surface area contributed by atoms with Crippen molar-refractivity contribution in [1.82, 2.24) is 19.7 Å². The van der Waals surface area contributed by atoms with Gasteiger partial charge in [-0.25, -0.2) is 9.67 Å². The van der Waals surface area contributed by atoms with Crippen LogP contribution in [0.2, 0.25) is 0 Å². The van der Waals surface area contributed by atoms with Gasteiger partial charge < -0.3 is 10.7 Å². The molecule has 2 aromatic rings. The van der Waals surface area contributed by atoms with E-state index >= 15 is 0 Å². The maximum Gasteiger partial charge on any atom is 0.252 e. The van der Waals surface area contributed by atoms with Crippen molar-refractivity contribution in [2.24, 2.45) is 5.73 Å². The van der Waals surface area contributed by atoms with Crippen LogP contribution in [-0.2, 0) is 6.42 Å². The number of aromatic nitrogens is 4. The van der Waals surface area contributed by atoms with Gasteiger partial charge in [-0.2, -0.15) is 5.10 Å². The lowest BCUT2D eigenvalue weighted by atomic mass is 10.1. The SMILES string of the molecule is CCCc1c(C(N)=O)c(C)nn1-c1cnc[nH]1. The van der Waals surface area contributed by atoms with E-state index in [0.717, 1.165) is 24.4 Å². The van der Waals surface area contributed by atoms with Gasteiger partial charge in [-0.05, 0) is 13.3 Å². The van der Waals surface area contributed by atoms with Crippen LogP contribution in [0.1, 0.15) is 35.1 Å². The summed E-state index contributed by atoms with van der Waals surface area (Å²) >= 11 is 0. The highest BCUT2D eigenvalue weighted by atomic mass is 16.1. The Morgan fingerprint density at radius 3 is 2.88 bits per heavy atom.